The number of ether oxygens (including phenoxy) is 1. The SMILES string of the molecule is Cc1ccc(OCCCS(=O)(=O)O)c2c1cc(C(=O)N=C(N)N)n2C. The number of aliphatic imine (C=N–C) groups is 1. The molecule has 0 atom stereocenters. The van der Waals surface area contributed by atoms with Crippen molar-refractivity contribution in [3.8, 4) is 5.75 Å². The third-order valence-electron chi connectivity index (χ3n) is 3.63. The van der Waals surface area contributed by atoms with Crippen LogP contribution >= 0.6 is 0 Å². The summed E-state index contributed by atoms with van der Waals surface area (Å²) in [4.78, 5) is 15.7. The minimum Gasteiger partial charge on any atom is -0.491 e. The highest BCUT2D eigenvalue weighted by Gasteiger charge is 2.17. The van der Waals surface area contributed by atoms with Gasteiger partial charge in [-0.3, -0.25) is 9.35 Å². The highest BCUT2D eigenvalue weighted by molar-refractivity contribution is 7.85. The Bertz CT molecular complexity index is 942. The molecule has 1 amide bonds. The Morgan fingerprint density at radius 3 is 2.64 bits per heavy atom. The summed E-state index contributed by atoms with van der Waals surface area (Å²) in [7, 11) is -2.34. The van der Waals surface area contributed by atoms with E-state index in [1.54, 1.807) is 23.7 Å². The topological polar surface area (TPSA) is 150 Å². The number of aryl methyl sites for hydroxylation is 2. The quantitative estimate of drug-likeness (QED) is 0.292. The van der Waals surface area contributed by atoms with Crippen molar-refractivity contribution in [2.24, 2.45) is 23.5 Å². The number of nitrogens with two attached hydrogens (primary N) is 2. The first-order valence-corrected chi connectivity index (χ1v) is 9.02. The average Bonchev–Trinajstić information content (AvgIpc) is 2.83. The molecule has 25 heavy (non-hydrogen) atoms. The molecule has 0 bridgehead atoms. The number of hydrogen-bond acceptors (Lipinski definition) is 4. The van der Waals surface area contributed by atoms with Gasteiger partial charge in [0.05, 0.1) is 17.9 Å². The van der Waals surface area contributed by atoms with E-state index < -0.39 is 16.0 Å². The van der Waals surface area contributed by atoms with Crippen LogP contribution in [0.15, 0.2) is 23.2 Å². The van der Waals surface area contributed by atoms with Crippen LogP contribution in [0.5, 0.6) is 5.75 Å². The minimum atomic E-state index is -4.02. The molecule has 2 rings (SSSR count). The summed E-state index contributed by atoms with van der Waals surface area (Å²) in [5.74, 6) is -0.796. The molecule has 10 heteroatoms. The largest absolute Gasteiger partial charge is 0.491 e. The van der Waals surface area contributed by atoms with Crippen molar-refractivity contribution in [2.45, 2.75) is 13.3 Å². The number of guanidine groups is 1. The van der Waals surface area contributed by atoms with Crippen molar-refractivity contribution in [3.05, 3.63) is 29.5 Å². The molecular formula is C15H20N4O5S. The van der Waals surface area contributed by atoms with Crippen LogP contribution in [0.4, 0.5) is 0 Å². The van der Waals surface area contributed by atoms with Crippen LogP contribution in [0.1, 0.15) is 22.5 Å². The molecule has 1 heterocycles. The van der Waals surface area contributed by atoms with Crippen LogP contribution in [0, 0.1) is 6.92 Å². The van der Waals surface area contributed by atoms with Gasteiger partial charge in [-0.1, -0.05) is 6.07 Å². The summed E-state index contributed by atoms with van der Waals surface area (Å²) in [6.07, 6.45) is 0.137. The summed E-state index contributed by atoms with van der Waals surface area (Å²) in [5.41, 5.74) is 12.4. The van der Waals surface area contributed by atoms with Gasteiger partial charge in [0.25, 0.3) is 16.0 Å². The lowest BCUT2D eigenvalue weighted by Gasteiger charge is -2.10. The third-order valence-corrected chi connectivity index (χ3v) is 4.43. The highest BCUT2D eigenvalue weighted by atomic mass is 32.2. The second-order valence-electron chi connectivity index (χ2n) is 5.56. The lowest BCUT2D eigenvalue weighted by molar-refractivity contribution is 0.0995. The fraction of sp³-hybridized carbons (Fsp3) is 0.333. The molecule has 1 aromatic heterocycles. The standard InChI is InChI=1S/C15H20N4O5S/c1-9-4-5-12(24-6-3-7-25(21,22)23)13-10(9)8-11(19(13)2)14(20)18-15(16)17/h4-5,8H,3,6-7H2,1-2H3,(H,21,22,23)(H4,16,17,18,20). The fourth-order valence-corrected chi connectivity index (χ4v) is 2.97. The molecule has 5 N–H and O–H groups in total. The lowest BCUT2D eigenvalue weighted by atomic mass is 10.1. The Hall–Kier alpha value is -2.59. The zero-order chi connectivity index (χ0) is 18.8. The molecular weight excluding hydrogens is 348 g/mol. The molecule has 0 aliphatic carbocycles. The first-order valence-electron chi connectivity index (χ1n) is 7.41. The van der Waals surface area contributed by atoms with Crippen molar-refractivity contribution in [2.75, 3.05) is 12.4 Å². The van der Waals surface area contributed by atoms with E-state index in [4.69, 9.17) is 20.8 Å². The number of aromatic nitrogens is 1. The summed E-state index contributed by atoms with van der Waals surface area (Å²) in [6, 6.07) is 5.24. The molecule has 0 saturated heterocycles. The van der Waals surface area contributed by atoms with Crippen LogP contribution in [0.25, 0.3) is 10.9 Å². The second-order valence-corrected chi connectivity index (χ2v) is 7.13. The maximum absolute atomic E-state index is 12.1. The van der Waals surface area contributed by atoms with Gasteiger partial charge in [0, 0.05) is 12.4 Å². The molecule has 0 radical (unpaired) electrons. The predicted octanol–water partition coefficient (Wildman–Crippen LogP) is 0.557. The van der Waals surface area contributed by atoms with Gasteiger partial charge in [-0.05, 0) is 31.0 Å². The molecule has 0 fully saturated rings. The van der Waals surface area contributed by atoms with E-state index in [2.05, 4.69) is 4.99 Å². The van der Waals surface area contributed by atoms with Crippen LogP contribution < -0.4 is 16.2 Å². The average molecular weight is 368 g/mol. The number of carbonyl (C=O) groups is 1. The number of amides is 1. The summed E-state index contributed by atoms with van der Waals surface area (Å²) in [5, 5.41) is 0.795. The fourth-order valence-electron chi connectivity index (χ4n) is 2.49. The number of rotatable bonds is 6. The second kappa shape index (κ2) is 7.11. The molecule has 0 saturated carbocycles. The molecule has 136 valence electrons. The molecule has 0 aliphatic heterocycles. The highest BCUT2D eigenvalue weighted by Crippen LogP contribution is 2.31. The smallest absolute Gasteiger partial charge is 0.296 e. The van der Waals surface area contributed by atoms with Crippen LogP contribution in [0.3, 0.4) is 0 Å². The van der Waals surface area contributed by atoms with Gasteiger partial charge in [-0.25, -0.2) is 0 Å². The van der Waals surface area contributed by atoms with Crippen molar-refractivity contribution in [1.82, 2.24) is 4.57 Å². The summed E-state index contributed by atoms with van der Waals surface area (Å²) >= 11 is 0. The zero-order valence-corrected chi connectivity index (χ0v) is 14.7. The molecule has 1 aromatic carbocycles. The number of nitrogens with zero attached hydrogens (tertiary/aromatic N) is 2. The monoisotopic (exact) mass is 368 g/mol. The van der Waals surface area contributed by atoms with Crippen molar-refractivity contribution >= 4 is 32.9 Å². The number of fused-ring (bicyclic) bond motifs is 1. The van der Waals surface area contributed by atoms with Crippen molar-refractivity contribution < 1.29 is 22.5 Å². The van der Waals surface area contributed by atoms with Gasteiger partial charge in [-0.2, -0.15) is 13.4 Å². The Balaban J connectivity index is 2.36. The van der Waals surface area contributed by atoms with Crippen LogP contribution in [-0.2, 0) is 17.2 Å². The molecule has 0 unspecified atom stereocenters. The van der Waals surface area contributed by atoms with E-state index in [-0.39, 0.29) is 24.7 Å². The minimum absolute atomic E-state index is 0.0975. The molecule has 2 aromatic rings. The molecule has 0 aliphatic rings. The first kappa shape index (κ1) is 18.7. The van der Waals surface area contributed by atoms with E-state index in [0.29, 0.717) is 17.0 Å². The van der Waals surface area contributed by atoms with Gasteiger partial charge in [0.1, 0.15) is 11.4 Å². The van der Waals surface area contributed by atoms with Gasteiger partial charge in [0.15, 0.2) is 5.96 Å². The lowest BCUT2D eigenvalue weighted by Crippen LogP contribution is -2.24. The van der Waals surface area contributed by atoms with Gasteiger partial charge in [0.2, 0.25) is 0 Å². The van der Waals surface area contributed by atoms with E-state index in [1.807, 2.05) is 13.0 Å². The first-order chi connectivity index (χ1) is 11.6. The van der Waals surface area contributed by atoms with Crippen molar-refractivity contribution in [3.63, 3.8) is 0 Å². The molecule has 9 nitrogen and oxygen atoms in total. The Kier molecular flexibility index (Phi) is 5.33. The normalized spacial score (nSPS) is 11.5. The van der Waals surface area contributed by atoms with Crippen LogP contribution in [-0.4, -0.2) is 41.8 Å². The summed E-state index contributed by atoms with van der Waals surface area (Å²) in [6.45, 7) is 1.99. The third kappa shape index (κ3) is 4.48. The van der Waals surface area contributed by atoms with Gasteiger partial charge in [-0.15, -0.1) is 0 Å². The Morgan fingerprint density at radius 2 is 2.04 bits per heavy atom. The van der Waals surface area contributed by atoms with Gasteiger partial charge >= 0.3 is 0 Å². The predicted molar refractivity (Wildman–Crippen MR) is 94.3 cm³/mol. The van der Waals surface area contributed by atoms with Gasteiger partial charge < -0.3 is 20.8 Å². The van der Waals surface area contributed by atoms with E-state index >= 15 is 0 Å². The van der Waals surface area contributed by atoms with E-state index in [1.165, 1.54) is 0 Å². The number of benzene rings is 1. The number of hydrogen-bond donors (Lipinski definition) is 3. The van der Waals surface area contributed by atoms with Crippen molar-refractivity contribution in [1.29, 1.82) is 0 Å². The zero-order valence-electron chi connectivity index (χ0n) is 13.9. The maximum Gasteiger partial charge on any atom is 0.296 e. The maximum atomic E-state index is 12.1. The molecule has 0 spiro atoms. The Morgan fingerprint density at radius 1 is 1.36 bits per heavy atom. The van der Waals surface area contributed by atoms with Crippen LogP contribution in [0.2, 0.25) is 0 Å². The summed E-state index contributed by atoms with van der Waals surface area (Å²) < 4.78 is 37.5. The van der Waals surface area contributed by atoms with E-state index in [0.717, 1.165) is 10.9 Å². The number of carbonyl (C=O) groups excluding carboxylic acids is 1. The Labute approximate surface area is 145 Å². The van der Waals surface area contributed by atoms with E-state index in [9.17, 15) is 13.2 Å².